The van der Waals surface area contributed by atoms with Gasteiger partial charge in [0.1, 0.15) is 5.82 Å². The van der Waals surface area contributed by atoms with Gasteiger partial charge in [-0.25, -0.2) is 4.39 Å². The summed E-state index contributed by atoms with van der Waals surface area (Å²) in [5.41, 5.74) is 3.81. The Kier molecular flexibility index (Phi) is 5.13. The zero-order chi connectivity index (χ0) is 15.4. The Morgan fingerprint density at radius 1 is 1.05 bits per heavy atom. The Labute approximate surface area is 127 Å². The van der Waals surface area contributed by atoms with E-state index in [2.05, 4.69) is 43.4 Å². The summed E-state index contributed by atoms with van der Waals surface area (Å²) in [5, 5.41) is 3.22. The summed E-state index contributed by atoms with van der Waals surface area (Å²) in [5.74, 6) is 0.522. The lowest BCUT2D eigenvalue weighted by Crippen LogP contribution is -2.19. The first-order valence-corrected chi connectivity index (χ1v) is 7.54. The maximum absolute atomic E-state index is 14.3. The summed E-state index contributed by atoms with van der Waals surface area (Å²) in [6.45, 7) is 6.23. The van der Waals surface area contributed by atoms with Gasteiger partial charge in [0.2, 0.25) is 0 Å². The SMILES string of the molecule is CNC(c1ccc(CC(C)C)cc1)c1cccc(C)c1F. The highest BCUT2D eigenvalue weighted by atomic mass is 19.1. The number of aryl methyl sites for hydroxylation is 1. The lowest BCUT2D eigenvalue weighted by atomic mass is 9.94. The standard InChI is InChI=1S/C19H24FN/c1-13(2)12-15-8-10-16(11-9-15)19(21-4)17-7-5-6-14(3)18(17)20/h5-11,13,19,21H,12H2,1-4H3. The summed E-state index contributed by atoms with van der Waals surface area (Å²) in [6, 6.07) is 13.9. The Morgan fingerprint density at radius 2 is 1.71 bits per heavy atom. The molecule has 1 atom stereocenters. The van der Waals surface area contributed by atoms with E-state index in [9.17, 15) is 4.39 Å². The van der Waals surface area contributed by atoms with Gasteiger partial charge in [0.15, 0.2) is 0 Å². The lowest BCUT2D eigenvalue weighted by Gasteiger charge is -2.19. The molecule has 1 N–H and O–H groups in total. The Morgan fingerprint density at radius 3 is 2.29 bits per heavy atom. The summed E-state index contributed by atoms with van der Waals surface area (Å²) >= 11 is 0. The molecule has 0 bridgehead atoms. The third kappa shape index (κ3) is 3.70. The van der Waals surface area contributed by atoms with E-state index < -0.39 is 0 Å². The van der Waals surface area contributed by atoms with Gasteiger partial charge in [0.25, 0.3) is 0 Å². The number of hydrogen-bond acceptors (Lipinski definition) is 1. The number of hydrogen-bond donors (Lipinski definition) is 1. The molecule has 0 aromatic heterocycles. The first kappa shape index (κ1) is 15.7. The minimum absolute atomic E-state index is 0.113. The van der Waals surface area contributed by atoms with E-state index >= 15 is 0 Å². The molecule has 2 heteroatoms. The van der Waals surface area contributed by atoms with Gasteiger partial charge in [-0.2, -0.15) is 0 Å². The molecule has 0 aliphatic rings. The van der Waals surface area contributed by atoms with Crippen LogP contribution in [0.5, 0.6) is 0 Å². The number of nitrogens with one attached hydrogen (secondary N) is 1. The predicted octanol–water partition coefficient (Wildman–Crippen LogP) is 4.64. The molecule has 0 fully saturated rings. The van der Waals surface area contributed by atoms with Gasteiger partial charge < -0.3 is 5.32 Å². The van der Waals surface area contributed by atoms with Crippen LogP contribution in [0.4, 0.5) is 4.39 Å². The fraction of sp³-hybridized carbons (Fsp3) is 0.368. The van der Waals surface area contributed by atoms with Crippen molar-refractivity contribution in [1.82, 2.24) is 5.32 Å². The number of benzene rings is 2. The largest absolute Gasteiger partial charge is 0.309 e. The molecule has 0 aliphatic carbocycles. The van der Waals surface area contributed by atoms with Crippen molar-refractivity contribution in [3.05, 3.63) is 70.5 Å². The van der Waals surface area contributed by atoms with E-state index in [1.165, 1.54) is 5.56 Å². The van der Waals surface area contributed by atoms with Crippen molar-refractivity contribution < 1.29 is 4.39 Å². The molecule has 0 spiro atoms. The van der Waals surface area contributed by atoms with Gasteiger partial charge in [-0.3, -0.25) is 0 Å². The zero-order valence-corrected chi connectivity index (χ0v) is 13.3. The lowest BCUT2D eigenvalue weighted by molar-refractivity contribution is 0.569. The van der Waals surface area contributed by atoms with Gasteiger partial charge in [-0.05, 0) is 43.0 Å². The highest BCUT2D eigenvalue weighted by Gasteiger charge is 2.17. The molecular formula is C19H24FN. The maximum Gasteiger partial charge on any atom is 0.131 e. The Bertz CT molecular complexity index is 587. The summed E-state index contributed by atoms with van der Waals surface area (Å²) in [7, 11) is 1.87. The van der Waals surface area contributed by atoms with E-state index in [1.54, 1.807) is 13.0 Å². The molecule has 0 saturated heterocycles. The predicted molar refractivity (Wildman–Crippen MR) is 87.0 cm³/mol. The molecule has 1 unspecified atom stereocenters. The van der Waals surface area contributed by atoms with Crippen molar-refractivity contribution in [1.29, 1.82) is 0 Å². The van der Waals surface area contributed by atoms with Crippen molar-refractivity contribution >= 4 is 0 Å². The van der Waals surface area contributed by atoms with Gasteiger partial charge >= 0.3 is 0 Å². The average Bonchev–Trinajstić information content (AvgIpc) is 2.45. The Balaban J connectivity index is 2.31. The summed E-state index contributed by atoms with van der Waals surface area (Å²) < 4.78 is 14.3. The van der Waals surface area contributed by atoms with Crippen molar-refractivity contribution in [2.75, 3.05) is 7.05 Å². The molecule has 21 heavy (non-hydrogen) atoms. The van der Waals surface area contributed by atoms with Gasteiger partial charge in [-0.15, -0.1) is 0 Å². The molecule has 1 nitrogen and oxygen atoms in total. The van der Waals surface area contributed by atoms with Crippen LogP contribution in [-0.4, -0.2) is 7.05 Å². The zero-order valence-electron chi connectivity index (χ0n) is 13.3. The summed E-state index contributed by atoms with van der Waals surface area (Å²) in [6.07, 6.45) is 1.07. The molecule has 0 radical (unpaired) electrons. The fourth-order valence-electron chi connectivity index (χ4n) is 2.71. The van der Waals surface area contributed by atoms with Crippen LogP contribution >= 0.6 is 0 Å². The third-order valence-electron chi connectivity index (χ3n) is 3.78. The molecule has 112 valence electrons. The monoisotopic (exact) mass is 285 g/mol. The van der Waals surface area contributed by atoms with Crippen LogP contribution in [0.1, 0.15) is 42.1 Å². The molecule has 2 aromatic carbocycles. The second-order valence-electron chi connectivity index (χ2n) is 6.04. The summed E-state index contributed by atoms with van der Waals surface area (Å²) in [4.78, 5) is 0. The molecular weight excluding hydrogens is 261 g/mol. The van der Waals surface area contributed by atoms with Crippen molar-refractivity contribution in [2.45, 2.75) is 33.2 Å². The van der Waals surface area contributed by atoms with Crippen LogP contribution in [0.3, 0.4) is 0 Å². The minimum atomic E-state index is -0.122. The van der Waals surface area contributed by atoms with Crippen LogP contribution in [0.25, 0.3) is 0 Å². The maximum atomic E-state index is 14.3. The van der Waals surface area contributed by atoms with E-state index in [4.69, 9.17) is 0 Å². The van der Waals surface area contributed by atoms with Crippen LogP contribution in [-0.2, 0) is 6.42 Å². The van der Waals surface area contributed by atoms with Crippen LogP contribution in [0, 0.1) is 18.7 Å². The Hall–Kier alpha value is -1.67. The number of halogens is 1. The van der Waals surface area contributed by atoms with Crippen molar-refractivity contribution in [3.63, 3.8) is 0 Å². The first-order chi connectivity index (χ1) is 10.0. The van der Waals surface area contributed by atoms with Crippen LogP contribution in [0.15, 0.2) is 42.5 Å². The van der Waals surface area contributed by atoms with Gasteiger partial charge in [0.05, 0.1) is 6.04 Å². The molecule has 0 aliphatic heterocycles. The first-order valence-electron chi connectivity index (χ1n) is 7.54. The highest BCUT2D eigenvalue weighted by Crippen LogP contribution is 2.26. The van der Waals surface area contributed by atoms with Crippen LogP contribution < -0.4 is 5.32 Å². The molecule has 0 heterocycles. The minimum Gasteiger partial charge on any atom is -0.309 e. The topological polar surface area (TPSA) is 12.0 Å². The third-order valence-corrected chi connectivity index (χ3v) is 3.78. The molecule has 2 rings (SSSR count). The quantitative estimate of drug-likeness (QED) is 0.843. The fourth-order valence-corrected chi connectivity index (χ4v) is 2.71. The van der Waals surface area contributed by atoms with Gasteiger partial charge in [0, 0.05) is 5.56 Å². The molecule has 0 saturated carbocycles. The molecule has 0 amide bonds. The van der Waals surface area contributed by atoms with E-state index in [0.717, 1.165) is 12.0 Å². The second kappa shape index (κ2) is 6.86. The highest BCUT2D eigenvalue weighted by molar-refractivity contribution is 5.36. The molecule has 2 aromatic rings. The van der Waals surface area contributed by atoms with Crippen LogP contribution in [0.2, 0.25) is 0 Å². The van der Waals surface area contributed by atoms with Gasteiger partial charge in [-0.1, -0.05) is 56.3 Å². The van der Waals surface area contributed by atoms with E-state index in [1.807, 2.05) is 19.2 Å². The second-order valence-corrected chi connectivity index (χ2v) is 6.04. The number of rotatable bonds is 5. The smallest absolute Gasteiger partial charge is 0.131 e. The van der Waals surface area contributed by atoms with E-state index in [-0.39, 0.29) is 11.9 Å². The average molecular weight is 285 g/mol. The van der Waals surface area contributed by atoms with E-state index in [0.29, 0.717) is 17.0 Å². The van der Waals surface area contributed by atoms with Crippen molar-refractivity contribution in [2.24, 2.45) is 5.92 Å². The normalized spacial score (nSPS) is 12.7. The van der Waals surface area contributed by atoms with Crippen molar-refractivity contribution in [3.8, 4) is 0 Å².